The Morgan fingerprint density at radius 2 is 2.15 bits per heavy atom. The maximum atomic E-state index is 12.3. The number of ether oxygens (including phenoxy) is 1. The minimum absolute atomic E-state index is 0. The lowest BCUT2D eigenvalue weighted by molar-refractivity contribution is 0.0925. The van der Waals surface area contributed by atoms with Crippen molar-refractivity contribution in [2.24, 2.45) is 11.7 Å². The van der Waals surface area contributed by atoms with E-state index in [9.17, 15) is 4.79 Å². The monoisotopic (exact) mass is 298 g/mol. The van der Waals surface area contributed by atoms with E-state index in [0.717, 1.165) is 19.3 Å². The van der Waals surface area contributed by atoms with Gasteiger partial charge in [-0.2, -0.15) is 0 Å². The van der Waals surface area contributed by atoms with Gasteiger partial charge in [0.05, 0.1) is 12.2 Å². The molecule has 0 aromatic heterocycles. The van der Waals surface area contributed by atoms with Crippen molar-refractivity contribution in [3.63, 3.8) is 0 Å². The predicted octanol–water partition coefficient (Wildman–Crippen LogP) is 2.36. The molecule has 0 saturated heterocycles. The average molecular weight is 299 g/mol. The number of amides is 1. The number of rotatable bonds is 5. The third-order valence-electron chi connectivity index (χ3n) is 3.71. The first-order chi connectivity index (χ1) is 9.26. The Hall–Kier alpha value is -1.26. The van der Waals surface area contributed by atoms with Crippen molar-refractivity contribution in [3.8, 4) is 5.75 Å². The summed E-state index contributed by atoms with van der Waals surface area (Å²) in [6, 6.07) is 7.55. The lowest BCUT2D eigenvalue weighted by Gasteiger charge is -2.20. The van der Waals surface area contributed by atoms with Crippen LogP contribution in [0.25, 0.3) is 0 Å². The van der Waals surface area contributed by atoms with Crippen LogP contribution >= 0.6 is 12.4 Å². The number of hydrogen-bond acceptors (Lipinski definition) is 3. The summed E-state index contributed by atoms with van der Waals surface area (Å²) >= 11 is 0. The number of carbonyl (C=O) groups is 1. The largest absolute Gasteiger partial charge is 0.493 e. The lowest BCUT2D eigenvalue weighted by Crippen LogP contribution is -2.40. The summed E-state index contributed by atoms with van der Waals surface area (Å²) < 4.78 is 5.49. The molecule has 1 aromatic rings. The topological polar surface area (TPSA) is 64.3 Å². The van der Waals surface area contributed by atoms with Gasteiger partial charge in [0, 0.05) is 6.04 Å². The molecule has 0 bridgehead atoms. The number of nitrogens with one attached hydrogen (secondary N) is 1. The van der Waals surface area contributed by atoms with Crippen LogP contribution in [-0.4, -0.2) is 25.1 Å². The molecule has 1 aliphatic carbocycles. The van der Waals surface area contributed by atoms with Gasteiger partial charge >= 0.3 is 0 Å². The summed E-state index contributed by atoms with van der Waals surface area (Å²) in [5, 5.41) is 3.10. The molecule has 1 fully saturated rings. The molecule has 112 valence electrons. The SMILES string of the molecule is CCOc1ccccc1C(=O)NC1CCCC1CN.Cl. The molecule has 1 aliphatic rings. The van der Waals surface area contributed by atoms with E-state index < -0.39 is 0 Å². The Morgan fingerprint density at radius 1 is 1.40 bits per heavy atom. The zero-order valence-corrected chi connectivity index (χ0v) is 12.6. The highest BCUT2D eigenvalue weighted by atomic mass is 35.5. The smallest absolute Gasteiger partial charge is 0.255 e. The fourth-order valence-corrected chi connectivity index (χ4v) is 2.69. The molecule has 5 heteroatoms. The van der Waals surface area contributed by atoms with E-state index in [0.29, 0.717) is 30.4 Å². The average Bonchev–Trinajstić information content (AvgIpc) is 2.87. The van der Waals surface area contributed by atoms with Crippen molar-refractivity contribution in [2.75, 3.05) is 13.2 Å². The van der Waals surface area contributed by atoms with Crippen molar-refractivity contribution >= 4 is 18.3 Å². The second kappa shape index (κ2) is 8.12. The van der Waals surface area contributed by atoms with Crippen molar-refractivity contribution < 1.29 is 9.53 Å². The Bertz CT molecular complexity index is 440. The number of nitrogens with two attached hydrogens (primary N) is 1. The van der Waals surface area contributed by atoms with Gasteiger partial charge in [0.1, 0.15) is 5.75 Å². The molecule has 1 aromatic carbocycles. The summed E-state index contributed by atoms with van der Waals surface area (Å²) in [4.78, 5) is 12.3. The van der Waals surface area contributed by atoms with Crippen molar-refractivity contribution in [1.29, 1.82) is 0 Å². The van der Waals surface area contributed by atoms with Crippen molar-refractivity contribution in [2.45, 2.75) is 32.2 Å². The molecule has 4 nitrogen and oxygen atoms in total. The first-order valence-corrected chi connectivity index (χ1v) is 6.99. The van der Waals surface area contributed by atoms with E-state index in [-0.39, 0.29) is 24.4 Å². The van der Waals surface area contributed by atoms with Crippen LogP contribution in [0.4, 0.5) is 0 Å². The maximum Gasteiger partial charge on any atom is 0.255 e. The Morgan fingerprint density at radius 3 is 2.85 bits per heavy atom. The van der Waals surface area contributed by atoms with Crippen LogP contribution in [0.3, 0.4) is 0 Å². The van der Waals surface area contributed by atoms with Crippen LogP contribution in [0.1, 0.15) is 36.5 Å². The summed E-state index contributed by atoms with van der Waals surface area (Å²) in [7, 11) is 0. The number of halogens is 1. The standard InChI is InChI=1S/C15H22N2O2.ClH/c1-2-19-14-9-4-3-7-12(14)15(18)17-13-8-5-6-11(13)10-16;/h3-4,7,9,11,13H,2,5-6,8,10,16H2,1H3,(H,17,18);1H. The highest BCUT2D eigenvalue weighted by Gasteiger charge is 2.28. The zero-order valence-electron chi connectivity index (χ0n) is 11.8. The molecule has 0 spiro atoms. The molecule has 0 aliphatic heterocycles. The van der Waals surface area contributed by atoms with E-state index >= 15 is 0 Å². The molecule has 3 N–H and O–H groups in total. The van der Waals surface area contributed by atoms with Crippen LogP contribution in [-0.2, 0) is 0 Å². The van der Waals surface area contributed by atoms with Gasteiger partial charge in [-0.1, -0.05) is 18.6 Å². The third-order valence-corrected chi connectivity index (χ3v) is 3.71. The Labute approximate surface area is 126 Å². The molecular formula is C15H23ClN2O2. The van der Waals surface area contributed by atoms with E-state index in [1.165, 1.54) is 0 Å². The molecule has 0 heterocycles. The van der Waals surface area contributed by atoms with Gasteiger partial charge < -0.3 is 15.8 Å². The minimum Gasteiger partial charge on any atom is -0.493 e. The van der Waals surface area contributed by atoms with Gasteiger partial charge in [-0.3, -0.25) is 4.79 Å². The highest BCUT2D eigenvalue weighted by Crippen LogP contribution is 2.26. The summed E-state index contributed by atoms with van der Waals surface area (Å²) in [5.41, 5.74) is 6.34. The summed E-state index contributed by atoms with van der Waals surface area (Å²) in [6.07, 6.45) is 3.26. The molecular weight excluding hydrogens is 276 g/mol. The number of hydrogen-bond donors (Lipinski definition) is 2. The second-order valence-corrected chi connectivity index (χ2v) is 4.94. The molecule has 1 saturated carbocycles. The molecule has 20 heavy (non-hydrogen) atoms. The van der Waals surface area contributed by atoms with Gasteiger partial charge in [-0.25, -0.2) is 0 Å². The maximum absolute atomic E-state index is 12.3. The van der Waals surface area contributed by atoms with Gasteiger partial charge in [0.2, 0.25) is 0 Å². The van der Waals surface area contributed by atoms with Crippen LogP contribution in [0.15, 0.2) is 24.3 Å². The zero-order chi connectivity index (χ0) is 13.7. The van der Waals surface area contributed by atoms with E-state index in [1.807, 2.05) is 25.1 Å². The fourth-order valence-electron chi connectivity index (χ4n) is 2.69. The van der Waals surface area contributed by atoms with Gasteiger partial charge in [0.25, 0.3) is 5.91 Å². The first-order valence-electron chi connectivity index (χ1n) is 6.99. The van der Waals surface area contributed by atoms with Gasteiger partial charge in [-0.05, 0) is 44.4 Å². The normalized spacial score (nSPS) is 21.1. The number of carbonyl (C=O) groups excluding carboxylic acids is 1. The summed E-state index contributed by atoms with van der Waals surface area (Å²) in [5.74, 6) is 0.988. The second-order valence-electron chi connectivity index (χ2n) is 4.94. The van der Waals surface area contributed by atoms with E-state index in [2.05, 4.69) is 5.32 Å². The van der Waals surface area contributed by atoms with Crippen LogP contribution in [0.2, 0.25) is 0 Å². The lowest BCUT2D eigenvalue weighted by atomic mass is 10.0. The molecule has 0 radical (unpaired) electrons. The Balaban J connectivity index is 0.00000200. The number of benzene rings is 1. The molecule has 1 amide bonds. The number of para-hydroxylation sites is 1. The van der Waals surface area contributed by atoms with E-state index in [1.54, 1.807) is 6.07 Å². The minimum atomic E-state index is -0.0607. The molecule has 2 atom stereocenters. The molecule has 2 unspecified atom stereocenters. The Kier molecular flexibility index (Phi) is 6.82. The molecule has 2 rings (SSSR count). The summed E-state index contributed by atoms with van der Waals surface area (Å²) in [6.45, 7) is 3.10. The van der Waals surface area contributed by atoms with E-state index in [4.69, 9.17) is 10.5 Å². The van der Waals surface area contributed by atoms with Crippen molar-refractivity contribution in [3.05, 3.63) is 29.8 Å². The third kappa shape index (κ3) is 3.87. The predicted molar refractivity (Wildman–Crippen MR) is 82.5 cm³/mol. The highest BCUT2D eigenvalue weighted by molar-refractivity contribution is 5.97. The van der Waals surface area contributed by atoms with Gasteiger partial charge in [-0.15, -0.1) is 12.4 Å². The van der Waals surface area contributed by atoms with Crippen molar-refractivity contribution in [1.82, 2.24) is 5.32 Å². The van der Waals surface area contributed by atoms with Crippen LogP contribution < -0.4 is 15.8 Å². The van der Waals surface area contributed by atoms with Crippen LogP contribution in [0, 0.1) is 5.92 Å². The fraction of sp³-hybridized carbons (Fsp3) is 0.533. The quantitative estimate of drug-likeness (QED) is 0.877. The van der Waals surface area contributed by atoms with Crippen LogP contribution in [0.5, 0.6) is 5.75 Å². The van der Waals surface area contributed by atoms with Gasteiger partial charge in [0.15, 0.2) is 0 Å². The first kappa shape index (κ1) is 16.8.